The molecule has 1 aliphatic rings. The number of carbonyl (C=O) groups is 1. The van der Waals surface area contributed by atoms with E-state index in [9.17, 15) is 9.18 Å². The van der Waals surface area contributed by atoms with Crippen molar-refractivity contribution in [2.45, 2.75) is 19.8 Å². The Hall–Kier alpha value is -1.42. The van der Waals surface area contributed by atoms with Gasteiger partial charge in [0.1, 0.15) is 5.82 Å². The average Bonchev–Trinajstić information content (AvgIpc) is 2.71. The van der Waals surface area contributed by atoms with E-state index in [-0.39, 0.29) is 17.6 Å². The SMILES string of the molecule is COCCN1C[C@H](Cc2ccc(C)cc2F)CC1=O. The summed E-state index contributed by atoms with van der Waals surface area (Å²) in [6.07, 6.45) is 1.14. The van der Waals surface area contributed by atoms with Gasteiger partial charge in [-0.1, -0.05) is 12.1 Å². The van der Waals surface area contributed by atoms with Crippen LogP contribution >= 0.6 is 0 Å². The van der Waals surface area contributed by atoms with Gasteiger partial charge in [-0.05, 0) is 36.5 Å². The van der Waals surface area contributed by atoms with E-state index in [0.29, 0.717) is 38.1 Å². The van der Waals surface area contributed by atoms with E-state index in [1.165, 1.54) is 0 Å². The van der Waals surface area contributed by atoms with Crippen molar-refractivity contribution in [2.75, 3.05) is 26.8 Å². The van der Waals surface area contributed by atoms with Crippen molar-refractivity contribution in [1.82, 2.24) is 4.90 Å². The highest BCUT2D eigenvalue weighted by atomic mass is 19.1. The maximum Gasteiger partial charge on any atom is 0.223 e. The van der Waals surface area contributed by atoms with Crippen LogP contribution in [0.25, 0.3) is 0 Å². The van der Waals surface area contributed by atoms with Crippen LogP contribution in [0.15, 0.2) is 18.2 Å². The monoisotopic (exact) mass is 265 g/mol. The van der Waals surface area contributed by atoms with E-state index in [2.05, 4.69) is 0 Å². The summed E-state index contributed by atoms with van der Waals surface area (Å²) in [6, 6.07) is 5.29. The number of hydrogen-bond donors (Lipinski definition) is 0. The fourth-order valence-electron chi connectivity index (χ4n) is 2.54. The molecule has 1 aromatic rings. The molecule has 0 N–H and O–H groups in total. The van der Waals surface area contributed by atoms with E-state index in [1.807, 2.05) is 19.1 Å². The molecule has 2 rings (SSSR count). The highest BCUT2D eigenvalue weighted by Gasteiger charge is 2.29. The van der Waals surface area contributed by atoms with E-state index in [4.69, 9.17) is 4.74 Å². The van der Waals surface area contributed by atoms with Crippen LogP contribution in [0.5, 0.6) is 0 Å². The van der Waals surface area contributed by atoms with Crippen molar-refractivity contribution >= 4 is 5.91 Å². The number of likely N-dealkylation sites (tertiary alicyclic amines) is 1. The molecule has 1 aliphatic heterocycles. The zero-order valence-corrected chi connectivity index (χ0v) is 11.5. The van der Waals surface area contributed by atoms with Crippen molar-refractivity contribution < 1.29 is 13.9 Å². The molecule has 0 aromatic heterocycles. The van der Waals surface area contributed by atoms with Gasteiger partial charge in [0.05, 0.1) is 6.61 Å². The summed E-state index contributed by atoms with van der Waals surface area (Å²) in [5.74, 6) is 0.193. The fourth-order valence-corrected chi connectivity index (χ4v) is 2.54. The van der Waals surface area contributed by atoms with E-state index in [1.54, 1.807) is 18.1 Å². The molecule has 0 bridgehead atoms. The first kappa shape index (κ1) is 14.0. The van der Waals surface area contributed by atoms with Crippen molar-refractivity contribution in [3.8, 4) is 0 Å². The topological polar surface area (TPSA) is 29.5 Å². The lowest BCUT2D eigenvalue weighted by atomic mass is 9.97. The normalized spacial score (nSPS) is 19.2. The van der Waals surface area contributed by atoms with Gasteiger partial charge in [-0.3, -0.25) is 4.79 Å². The molecule has 3 nitrogen and oxygen atoms in total. The highest BCUT2D eigenvalue weighted by molar-refractivity contribution is 5.78. The van der Waals surface area contributed by atoms with Crippen LogP contribution in [0.1, 0.15) is 17.5 Å². The second-order valence-electron chi connectivity index (χ2n) is 5.20. The molecule has 0 saturated carbocycles. The van der Waals surface area contributed by atoms with Crippen molar-refractivity contribution in [2.24, 2.45) is 5.92 Å². The summed E-state index contributed by atoms with van der Waals surface area (Å²) in [7, 11) is 1.62. The number of amides is 1. The zero-order valence-electron chi connectivity index (χ0n) is 11.5. The Kier molecular flexibility index (Phi) is 4.53. The molecule has 4 heteroatoms. The molecule has 19 heavy (non-hydrogen) atoms. The average molecular weight is 265 g/mol. The van der Waals surface area contributed by atoms with Crippen molar-refractivity contribution in [3.63, 3.8) is 0 Å². The quantitative estimate of drug-likeness (QED) is 0.816. The molecule has 0 radical (unpaired) electrons. The fraction of sp³-hybridized carbons (Fsp3) is 0.533. The Morgan fingerprint density at radius 3 is 2.95 bits per heavy atom. The Balaban J connectivity index is 1.95. The van der Waals surface area contributed by atoms with Gasteiger partial charge in [-0.25, -0.2) is 4.39 Å². The maximum atomic E-state index is 13.8. The van der Waals surface area contributed by atoms with Crippen LogP contribution in [0.2, 0.25) is 0 Å². The third-order valence-electron chi connectivity index (χ3n) is 3.58. The van der Waals surface area contributed by atoms with E-state index >= 15 is 0 Å². The zero-order chi connectivity index (χ0) is 13.8. The number of carbonyl (C=O) groups excluding carboxylic acids is 1. The number of halogens is 1. The Bertz CT molecular complexity index is 461. The minimum Gasteiger partial charge on any atom is -0.383 e. The lowest BCUT2D eigenvalue weighted by Crippen LogP contribution is -2.28. The molecular formula is C15H20FNO2. The van der Waals surface area contributed by atoms with E-state index < -0.39 is 0 Å². The molecule has 0 spiro atoms. The first-order valence-corrected chi connectivity index (χ1v) is 6.62. The number of nitrogens with zero attached hydrogens (tertiary/aromatic N) is 1. The standard InChI is InChI=1S/C15H20FNO2/c1-11-3-4-13(14(16)7-11)8-12-9-15(18)17(10-12)5-6-19-2/h3-4,7,12H,5-6,8-10H2,1-2H3/t12-/m1/s1. The summed E-state index contributed by atoms with van der Waals surface area (Å²) in [4.78, 5) is 13.6. The minimum atomic E-state index is -0.164. The number of ether oxygens (including phenoxy) is 1. The molecule has 1 aromatic carbocycles. The van der Waals surface area contributed by atoms with Gasteiger partial charge in [0.2, 0.25) is 5.91 Å². The molecule has 1 atom stereocenters. The van der Waals surface area contributed by atoms with Gasteiger partial charge in [-0.15, -0.1) is 0 Å². The Morgan fingerprint density at radius 1 is 1.47 bits per heavy atom. The first-order chi connectivity index (χ1) is 9.10. The molecule has 1 saturated heterocycles. The maximum absolute atomic E-state index is 13.8. The third-order valence-corrected chi connectivity index (χ3v) is 3.58. The van der Waals surface area contributed by atoms with Crippen LogP contribution in [0.4, 0.5) is 4.39 Å². The number of hydrogen-bond acceptors (Lipinski definition) is 2. The number of rotatable bonds is 5. The van der Waals surface area contributed by atoms with Crippen LogP contribution in [-0.2, 0) is 16.0 Å². The summed E-state index contributed by atoms with van der Waals surface area (Å²) in [5, 5.41) is 0. The predicted octanol–water partition coefficient (Wildman–Crippen LogP) is 2.17. The van der Waals surface area contributed by atoms with Gasteiger partial charge >= 0.3 is 0 Å². The number of benzene rings is 1. The highest BCUT2D eigenvalue weighted by Crippen LogP contribution is 2.23. The van der Waals surface area contributed by atoms with Crippen molar-refractivity contribution in [3.05, 3.63) is 35.1 Å². The molecular weight excluding hydrogens is 245 g/mol. The van der Waals surface area contributed by atoms with Crippen LogP contribution in [-0.4, -0.2) is 37.6 Å². The van der Waals surface area contributed by atoms with Crippen LogP contribution < -0.4 is 0 Å². The predicted molar refractivity (Wildman–Crippen MR) is 71.4 cm³/mol. The molecule has 1 heterocycles. The number of methoxy groups -OCH3 is 1. The smallest absolute Gasteiger partial charge is 0.223 e. The summed E-state index contributed by atoms with van der Waals surface area (Å²) in [6.45, 7) is 3.76. The summed E-state index contributed by atoms with van der Waals surface area (Å²) >= 11 is 0. The minimum absolute atomic E-state index is 0.148. The second kappa shape index (κ2) is 6.15. The Labute approximate surface area is 113 Å². The van der Waals surface area contributed by atoms with Gasteiger partial charge in [0.25, 0.3) is 0 Å². The first-order valence-electron chi connectivity index (χ1n) is 6.62. The summed E-state index contributed by atoms with van der Waals surface area (Å²) in [5.41, 5.74) is 1.63. The summed E-state index contributed by atoms with van der Waals surface area (Å²) < 4.78 is 18.8. The lowest BCUT2D eigenvalue weighted by Gasteiger charge is -2.16. The van der Waals surface area contributed by atoms with Gasteiger partial charge in [0.15, 0.2) is 0 Å². The molecule has 104 valence electrons. The molecule has 0 unspecified atom stereocenters. The molecule has 1 amide bonds. The Morgan fingerprint density at radius 2 is 2.26 bits per heavy atom. The van der Waals surface area contributed by atoms with Gasteiger partial charge < -0.3 is 9.64 Å². The van der Waals surface area contributed by atoms with Crippen molar-refractivity contribution in [1.29, 1.82) is 0 Å². The van der Waals surface area contributed by atoms with Gasteiger partial charge in [-0.2, -0.15) is 0 Å². The third kappa shape index (κ3) is 3.53. The lowest BCUT2D eigenvalue weighted by molar-refractivity contribution is -0.128. The second-order valence-corrected chi connectivity index (χ2v) is 5.20. The van der Waals surface area contributed by atoms with Crippen LogP contribution in [0, 0.1) is 18.7 Å². The largest absolute Gasteiger partial charge is 0.383 e. The number of aryl methyl sites for hydroxylation is 1. The van der Waals surface area contributed by atoms with E-state index in [0.717, 1.165) is 5.56 Å². The van der Waals surface area contributed by atoms with Crippen LogP contribution in [0.3, 0.4) is 0 Å². The molecule has 0 aliphatic carbocycles. The molecule has 1 fully saturated rings. The van der Waals surface area contributed by atoms with Gasteiger partial charge in [0, 0.05) is 26.6 Å².